The van der Waals surface area contributed by atoms with Crippen molar-refractivity contribution >= 4 is 55.1 Å². The first kappa shape index (κ1) is 23.6. The predicted octanol–water partition coefficient (Wildman–Crippen LogP) is 7.49. The van der Waals surface area contributed by atoms with Crippen LogP contribution < -0.4 is 14.4 Å². The molecule has 4 nitrogen and oxygen atoms in total. The van der Waals surface area contributed by atoms with Crippen LogP contribution in [0.3, 0.4) is 0 Å². The van der Waals surface area contributed by atoms with Crippen molar-refractivity contribution in [3.8, 4) is 11.5 Å². The SMILES string of the molecule is CCCN1C(=O)/C(=C\c2cc(Br)c(OCc3ccc(Br)cc3)c(OCC)c2)c2ccccc21. The molecule has 0 aliphatic carbocycles. The second-order valence-electron chi connectivity index (χ2n) is 7.71. The van der Waals surface area contributed by atoms with Gasteiger partial charge in [-0.2, -0.15) is 0 Å². The third-order valence-electron chi connectivity index (χ3n) is 5.35. The number of para-hydroxylation sites is 1. The highest BCUT2D eigenvalue weighted by molar-refractivity contribution is 9.10. The van der Waals surface area contributed by atoms with Crippen LogP contribution in [0.5, 0.6) is 11.5 Å². The Morgan fingerprint density at radius 2 is 1.73 bits per heavy atom. The smallest absolute Gasteiger partial charge is 0.258 e. The van der Waals surface area contributed by atoms with E-state index in [1.54, 1.807) is 0 Å². The first-order chi connectivity index (χ1) is 16.0. The normalized spacial score (nSPS) is 14.0. The topological polar surface area (TPSA) is 38.8 Å². The maximum absolute atomic E-state index is 13.2. The van der Waals surface area contributed by atoms with Gasteiger partial charge in [0.1, 0.15) is 6.61 Å². The van der Waals surface area contributed by atoms with Gasteiger partial charge in [0.15, 0.2) is 11.5 Å². The van der Waals surface area contributed by atoms with Crippen molar-refractivity contribution < 1.29 is 14.3 Å². The molecule has 0 saturated heterocycles. The molecule has 0 bridgehead atoms. The van der Waals surface area contributed by atoms with Crippen LogP contribution in [0.25, 0.3) is 11.6 Å². The lowest BCUT2D eigenvalue weighted by atomic mass is 10.0. The van der Waals surface area contributed by atoms with E-state index in [4.69, 9.17) is 9.47 Å². The van der Waals surface area contributed by atoms with Gasteiger partial charge in [-0.1, -0.05) is 53.2 Å². The van der Waals surface area contributed by atoms with Crippen LogP contribution in [0, 0.1) is 0 Å². The van der Waals surface area contributed by atoms with E-state index in [2.05, 4.69) is 38.8 Å². The first-order valence-electron chi connectivity index (χ1n) is 11.0. The van der Waals surface area contributed by atoms with E-state index in [0.29, 0.717) is 36.8 Å². The number of carbonyl (C=O) groups excluding carboxylic acids is 1. The Labute approximate surface area is 211 Å². The maximum Gasteiger partial charge on any atom is 0.258 e. The Hall–Kier alpha value is -2.57. The zero-order valence-electron chi connectivity index (χ0n) is 18.6. The van der Waals surface area contributed by atoms with E-state index >= 15 is 0 Å². The average molecular weight is 571 g/mol. The summed E-state index contributed by atoms with van der Waals surface area (Å²) in [6.07, 6.45) is 2.83. The number of halogens is 2. The minimum atomic E-state index is 0.0303. The number of fused-ring (bicyclic) bond motifs is 1. The molecule has 0 radical (unpaired) electrons. The molecule has 1 aliphatic rings. The zero-order valence-corrected chi connectivity index (χ0v) is 21.8. The summed E-state index contributed by atoms with van der Waals surface area (Å²) >= 11 is 7.10. The summed E-state index contributed by atoms with van der Waals surface area (Å²) in [5, 5.41) is 0. The lowest BCUT2D eigenvalue weighted by Crippen LogP contribution is -2.26. The van der Waals surface area contributed by atoms with Gasteiger partial charge in [0.2, 0.25) is 0 Å². The van der Waals surface area contributed by atoms with Crippen LogP contribution in [-0.4, -0.2) is 19.1 Å². The van der Waals surface area contributed by atoms with Crippen molar-refractivity contribution in [2.75, 3.05) is 18.1 Å². The van der Waals surface area contributed by atoms with E-state index in [9.17, 15) is 4.79 Å². The molecule has 0 spiro atoms. The van der Waals surface area contributed by atoms with Crippen LogP contribution in [0.2, 0.25) is 0 Å². The molecule has 170 valence electrons. The fraction of sp³-hybridized carbons (Fsp3) is 0.222. The summed E-state index contributed by atoms with van der Waals surface area (Å²) in [4.78, 5) is 15.0. The largest absolute Gasteiger partial charge is 0.490 e. The summed E-state index contributed by atoms with van der Waals surface area (Å²) < 4.78 is 13.8. The molecule has 1 amide bonds. The summed E-state index contributed by atoms with van der Waals surface area (Å²) in [7, 11) is 0. The number of hydrogen-bond donors (Lipinski definition) is 0. The van der Waals surface area contributed by atoms with Gasteiger partial charge in [-0.3, -0.25) is 4.79 Å². The molecule has 33 heavy (non-hydrogen) atoms. The Bertz CT molecular complexity index is 1190. The van der Waals surface area contributed by atoms with Gasteiger partial charge in [0, 0.05) is 22.2 Å². The molecule has 0 aromatic heterocycles. The third-order valence-corrected chi connectivity index (χ3v) is 6.46. The van der Waals surface area contributed by atoms with Crippen LogP contribution >= 0.6 is 31.9 Å². The summed E-state index contributed by atoms with van der Waals surface area (Å²) in [5.74, 6) is 1.32. The number of amides is 1. The van der Waals surface area contributed by atoms with Gasteiger partial charge >= 0.3 is 0 Å². The van der Waals surface area contributed by atoms with E-state index in [1.807, 2.05) is 78.6 Å². The Kier molecular flexibility index (Phi) is 7.56. The summed E-state index contributed by atoms with van der Waals surface area (Å²) in [6.45, 7) is 5.65. The fourth-order valence-electron chi connectivity index (χ4n) is 3.87. The fourth-order valence-corrected chi connectivity index (χ4v) is 4.71. The molecule has 6 heteroatoms. The molecule has 0 unspecified atom stereocenters. The summed E-state index contributed by atoms with van der Waals surface area (Å²) in [6, 6.07) is 19.9. The Balaban J connectivity index is 1.67. The zero-order chi connectivity index (χ0) is 23.4. The first-order valence-corrected chi connectivity index (χ1v) is 12.6. The molecule has 4 rings (SSSR count). The maximum atomic E-state index is 13.2. The molecule has 1 aliphatic heterocycles. The molecular formula is C27H25Br2NO3. The van der Waals surface area contributed by atoms with Crippen molar-refractivity contribution in [1.82, 2.24) is 0 Å². The number of anilines is 1. The lowest BCUT2D eigenvalue weighted by Gasteiger charge is -2.16. The number of nitrogens with zero attached hydrogens (tertiary/aromatic N) is 1. The highest BCUT2D eigenvalue weighted by atomic mass is 79.9. The van der Waals surface area contributed by atoms with Gasteiger partial charge in [-0.15, -0.1) is 0 Å². The average Bonchev–Trinajstić information content (AvgIpc) is 3.06. The predicted molar refractivity (Wildman–Crippen MR) is 141 cm³/mol. The standard InChI is InChI=1S/C27H25Br2NO3/c1-3-13-30-24-8-6-5-7-21(24)22(27(30)31)14-19-15-23(29)26(25(16-19)32-4-2)33-17-18-9-11-20(28)12-10-18/h5-12,14-16H,3-4,13,17H2,1-2H3/b22-14-. The Morgan fingerprint density at radius 3 is 2.45 bits per heavy atom. The minimum Gasteiger partial charge on any atom is -0.490 e. The van der Waals surface area contributed by atoms with Crippen LogP contribution in [0.4, 0.5) is 5.69 Å². The van der Waals surface area contributed by atoms with Gasteiger partial charge in [0.25, 0.3) is 5.91 Å². The van der Waals surface area contributed by atoms with Crippen molar-refractivity contribution in [2.24, 2.45) is 0 Å². The monoisotopic (exact) mass is 569 g/mol. The number of hydrogen-bond acceptors (Lipinski definition) is 3. The third kappa shape index (κ3) is 5.17. The van der Waals surface area contributed by atoms with Crippen molar-refractivity contribution in [3.05, 3.63) is 86.3 Å². The molecule has 0 fully saturated rings. The molecule has 1 heterocycles. The molecule has 3 aromatic carbocycles. The van der Waals surface area contributed by atoms with Crippen molar-refractivity contribution in [3.63, 3.8) is 0 Å². The number of rotatable bonds is 8. The second-order valence-corrected chi connectivity index (χ2v) is 9.48. The highest BCUT2D eigenvalue weighted by Crippen LogP contribution is 2.41. The van der Waals surface area contributed by atoms with E-state index in [0.717, 1.165) is 37.7 Å². The molecule has 0 atom stereocenters. The van der Waals surface area contributed by atoms with Crippen molar-refractivity contribution in [1.29, 1.82) is 0 Å². The second kappa shape index (κ2) is 10.6. The molecular weight excluding hydrogens is 546 g/mol. The van der Waals surface area contributed by atoms with Gasteiger partial charge < -0.3 is 14.4 Å². The number of carbonyl (C=O) groups is 1. The van der Waals surface area contributed by atoms with Crippen LogP contribution in [0.1, 0.15) is 37.0 Å². The Morgan fingerprint density at radius 1 is 0.970 bits per heavy atom. The highest BCUT2D eigenvalue weighted by Gasteiger charge is 2.31. The van der Waals surface area contributed by atoms with E-state index < -0.39 is 0 Å². The molecule has 0 N–H and O–H groups in total. The minimum absolute atomic E-state index is 0.0303. The van der Waals surface area contributed by atoms with E-state index in [-0.39, 0.29) is 5.91 Å². The van der Waals surface area contributed by atoms with Crippen LogP contribution in [-0.2, 0) is 11.4 Å². The van der Waals surface area contributed by atoms with Crippen molar-refractivity contribution in [2.45, 2.75) is 26.9 Å². The van der Waals surface area contributed by atoms with Gasteiger partial charge in [-0.25, -0.2) is 0 Å². The summed E-state index contributed by atoms with van der Waals surface area (Å²) in [5.41, 5.74) is 4.55. The van der Waals surface area contributed by atoms with Crippen LogP contribution in [0.15, 0.2) is 69.6 Å². The molecule has 0 saturated carbocycles. The lowest BCUT2D eigenvalue weighted by molar-refractivity contribution is -0.113. The van der Waals surface area contributed by atoms with Gasteiger partial charge in [0.05, 0.1) is 16.8 Å². The number of ether oxygens (including phenoxy) is 2. The number of benzene rings is 3. The van der Waals surface area contributed by atoms with Gasteiger partial charge in [-0.05, 0) is 76.8 Å². The molecule has 3 aromatic rings. The van der Waals surface area contributed by atoms with E-state index in [1.165, 1.54) is 0 Å². The quantitative estimate of drug-likeness (QED) is 0.263.